The number of cyclic esters (lactones) is 1. The van der Waals surface area contributed by atoms with Gasteiger partial charge in [-0.2, -0.15) is 0 Å². The smallest absolute Gasteiger partial charge is 0.336 e. The van der Waals surface area contributed by atoms with Gasteiger partial charge >= 0.3 is 5.97 Å². The van der Waals surface area contributed by atoms with Crippen molar-refractivity contribution in [3.8, 4) is 0 Å². The largest absolute Gasteiger partial charge is 0.423 e. The van der Waals surface area contributed by atoms with Gasteiger partial charge in [-0.05, 0) is 19.1 Å². The minimum Gasteiger partial charge on any atom is -0.423 e. The molecule has 1 rings (SSSR count). The fraction of sp³-hybridized carbons (Fsp3) is 0.300. The van der Waals surface area contributed by atoms with Gasteiger partial charge in [-0.15, -0.1) is 0 Å². The Morgan fingerprint density at radius 3 is 2.64 bits per heavy atom. The zero-order valence-electron chi connectivity index (χ0n) is 7.75. The summed E-state index contributed by atoms with van der Waals surface area (Å²) in [6.07, 6.45) is 5.59. The molecule has 1 aliphatic heterocycles. The third-order valence-electron chi connectivity index (χ3n) is 1.67. The van der Waals surface area contributed by atoms with Gasteiger partial charge < -0.3 is 14.9 Å². The van der Waals surface area contributed by atoms with Gasteiger partial charge in [0.05, 0.1) is 12.2 Å². The van der Waals surface area contributed by atoms with Crippen LogP contribution in [0.25, 0.3) is 0 Å². The number of aliphatic hydroxyl groups is 2. The van der Waals surface area contributed by atoms with Gasteiger partial charge in [0.15, 0.2) is 0 Å². The molecule has 0 amide bonds. The van der Waals surface area contributed by atoms with E-state index < -0.39 is 18.2 Å². The lowest BCUT2D eigenvalue weighted by atomic mass is 10.2. The van der Waals surface area contributed by atoms with Crippen LogP contribution < -0.4 is 0 Å². The summed E-state index contributed by atoms with van der Waals surface area (Å²) in [4.78, 5) is 10.6. The topological polar surface area (TPSA) is 66.8 Å². The van der Waals surface area contributed by atoms with Crippen molar-refractivity contribution >= 4 is 5.97 Å². The molecular formula is C10H12O4. The summed E-state index contributed by atoms with van der Waals surface area (Å²) in [5.74, 6) is 0.0183. The van der Waals surface area contributed by atoms with Gasteiger partial charge in [0.25, 0.3) is 0 Å². The van der Waals surface area contributed by atoms with E-state index in [1.54, 1.807) is 0 Å². The minimum atomic E-state index is -0.909. The third-order valence-corrected chi connectivity index (χ3v) is 1.67. The molecule has 76 valence electrons. The van der Waals surface area contributed by atoms with E-state index in [0.717, 1.165) is 0 Å². The van der Waals surface area contributed by atoms with Crippen LogP contribution in [-0.4, -0.2) is 28.4 Å². The monoisotopic (exact) mass is 196 g/mol. The Hall–Kier alpha value is -1.39. The normalized spacial score (nSPS) is 23.1. The number of carbonyl (C=O) groups excluding carboxylic acids is 1. The first-order valence-electron chi connectivity index (χ1n) is 4.24. The van der Waals surface area contributed by atoms with Crippen LogP contribution in [0, 0.1) is 0 Å². The van der Waals surface area contributed by atoms with E-state index in [1.165, 1.54) is 37.3 Å². The van der Waals surface area contributed by atoms with E-state index in [1.807, 2.05) is 0 Å². The maximum atomic E-state index is 10.6. The van der Waals surface area contributed by atoms with Crippen LogP contribution in [0.2, 0.25) is 0 Å². The quantitative estimate of drug-likeness (QED) is 0.636. The van der Waals surface area contributed by atoms with Crippen molar-refractivity contribution in [2.75, 3.05) is 0 Å². The summed E-state index contributed by atoms with van der Waals surface area (Å²) in [7, 11) is 0. The predicted octanol–water partition coefficient (Wildman–Crippen LogP) is 0.281. The average molecular weight is 196 g/mol. The van der Waals surface area contributed by atoms with E-state index in [4.69, 9.17) is 14.9 Å². The molecule has 0 aliphatic carbocycles. The average Bonchev–Trinajstić information content (AvgIpc) is 2.51. The van der Waals surface area contributed by atoms with Crippen molar-refractivity contribution in [2.45, 2.75) is 19.1 Å². The summed E-state index contributed by atoms with van der Waals surface area (Å²) < 4.78 is 4.72. The Morgan fingerprint density at radius 1 is 1.43 bits per heavy atom. The fourth-order valence-electron chi connectivity index (χ4n) is 0.849. The van der Waals surface area contributed by atoms with Crippen LogP contribution in [0.15, 0.2) is 36.1 Å². The molecule has 2 unspecified atom stereocenters. The van der Waals surface area contributed by atoms with Crippen LogP contribution >= 0.6 is 0 Å². The molecule has 0 radical (unpaired) electrons. The van der Waals surface area contributed by atoms with Gasteiger partial charge in [-0.3, -0.25) is 0 Å². The lowest BCUT2D eigenvalue weighted by Crippen LogP contribution is -2.19. The Morgan fingerprint density at radius 2 is 2.14 bits per heavy atom. The number of carbonyl (C=O) groups is 1. The highest BCUT2D eigenvalue weighted by molar-refractivity contribution is 5.86. The zero-order valence-corrected chi connectivity index (χ0v) is 7.75. The zero-order chi connectivity index (χ0) is 10.6. The molecule has 2 atom stereocenters. The molecule has 0 fully saturated rings. The molecule has 4 heteroatoms. The maximum Gasteiger partial charge on any atom is 0.336 e. The highest BCUT2D eigenvalue weighted by Gasteiger charge is 2.08. The third kappa shape index (κ3) is 3.16. The van der Waals surface area contributed by atoms with Gasteiger partial charge in [0.1, 0.15) is 5.76 Å². The summed E-state index contributed by atoms with van der Waals surface area (Å²) in [5, 5.41) is 18.1. The molecular weight excluding hydrogens is 184 g/mol. The lowest BCUT2D eigenvalue weighted by Gasteiger charge is -2.06. The number of aliphatic hydroxyl groups excluding tert-OH is 2. The number of allylic oxidation sites excluding steroid dienone is 3. The van der Waals surface area contributed by atoms with Gasteiger partial charge in [-0.1, -0.05) is 12.2 Å². The number of ether oxygens (including phenoxy) is 1. The summed E-state index contributed by atoms with van der Waals surface area (Å²) in [6, 6.07) is 0. The second-order valence-corrected chi connectivity index (χ2v) is 2.94. The van der Waals surface area contributed by atoms with Crippen molar-refractivity contribution in [2.24, 2.45) is 0 Å². The van der Waals surface area contributed by atoms with Crippen molar-refractivity contribution in [3.05, 3.63) is 36.1 Å². The van der Waals surface area contributed by atoms with Crippen LogP contribution in [0.4, 0.5) is 0 Å². The second kappa shape index (κ2) is 4.74. The Kier molecular flexibility index (Phi) is 3.62. The fourth-order valence-corrected chi connectivity index (χ4v) is 0.849. The number of esters is 1. The van der Waals surface area contributed by atoms with Gasteiger partial charge in [0.2, 0.25) is 0 Å². The molecule has 2 N–H and O–H groups in total. The van der Waals surface area contributed by atoms with Crippen molar-refractivity contribution in [3.63, 3.8) is 0 Å². The van der Waals surface area contributed by atoms with Crippen LogP contribution in [0.1, 0.15) is 6.92 Å². The molecule has 14 heavy (non-hydrogen) atoms. The minimum absolute atomic E-state index is 0.402. The second-order valence-electron chi connectivity index (χ2n) is 2.94. The lowest BCUT2D eigenvalue weighted by molar-refractivity contribution is -0.132. The molecule has 0 aromatic carbocycles. The van der Waals surface area contributed by atoms with Crippen LogP contribution in [0.5, 0.6) is 0 Å². The number of hydrogen-bond donors (Lipinski definition) is 2. The van der Waals surface area contributed by atoms with E-state index in [0.29, 0.717) is 5.76 Å². The van der Waals surface area contributed by atoms with Crippen LogP contribution in [-0.2, 0) is 9.53 Å². The molecule has 0 saturated heterocycles. The first-order chi connectivity index (χ1) is 6.59. The molecule has 1 aliphatic rings. The molecule has 0 spiro atoms. The standard InChI is InChI=1S/C10H12O4/c1-7(11)9(12)4-2-3-8-5-6-10(13)14-8/h2-7,9,11-12H,1H3. The number of hydrogen-bond acceptors (Lipinski definition) is 4. The summed E-state index contributed by atoms with van der Waals surface area (Å²) in [6.45, 7) is 1.48. The van der Waals surface area contributed by atoms with Crippen LogP contribution in [0.3, 0.4) is 0 Å². The first-order valence-corrected chi connectivity index (χ1v) is 4.24. The Balaban J connectivity index is 2.47. The van der Waals surface area contributed by atoms with Crippen molar-refractivity contribution < 1.29 is 19.7 Å². The highest BCUT2D eigenvalue weighted by Crippen LogP contribution is 2.08. The van der Waals surface area contributed by atoms with Gasteiger partial charge in [0, 0.05) is 6.08 Å². The SMILES string of the molecule is CC(O)C(O)C=CC=C1C=CC(=O)O1. The highest BCUT2D eigenvalue weighted by atomic mass is 16.5. The first kappa shape index (κ1) is 10.7. The molecule has 1 heterocycles. The molecule has 0 aromatic rings. The van der Waals surface area contributed by atoms with E-state index in [2.05, 4.69) is 0 Å². The molecule has 0 saturated carbocycles. The van der Waals surface area contributed by atoms with E-state index in [-0.39, 0.29) is 0 Å². The molecule has 0 bridgehead atoms. The molecule has 4 nitrogen and oxygen atoms in total. The Bertz CT molecular complexity index is 299. The predicted molar refractivity (Wildman–Crippen MR) is 50.1 cm³/mol. The van der Waals surface area contributed by atoms with E-state index >= 15 is 0 Å². The van der Waals surface area contributed by atoms with Crippen molar-refractivity contribution in [1.82, 2.24) is 0 Å². The summed E-state index contributed by atoms with van der Waals surface area (Å²) >= 11 is 0. The van der Waals surface area contributed by atoms with Gasteiger partial charge in [-0.25, -0.2) is 4.79 Å². The maximum absolute atomic E-state index is 10.6. The summed E-state index contributed by atoms with van der Waals surface area (Å²) in [5.41, 5.74) is 0. The number of rotatable bonds is 3. The van der Waals surface area contributed by atoms with Crippen molar-refractivity contribution in [1.29, 1.82) is 0 Å². The molecule has 0 aromatic heterocycles. The Labute approximate surface area is 81.8 Å². The van der Waals surface area contributed by atoms with E-state index in [9.17, 15) is 4.79 Å².